The molecular weight excluding hydrogens is 296 g/mol. The van der Waals surface area contributed by atoms with E-state index >= 15 is 0 Å². The minimum atomic E-state index is -0.0503. The lowest BCUT2D eigenvalue weighted by Crippen LogP contribution is -2.51. The van der Waals surface area contributed by atoms with Crippen LogP contribution in [0.2, 0.25) is 0 Å². The fourth-order valence-corrected chi connectivity index (χ4v) is 3.54. The fraction of sp³-hybridized carbons (Fsp3) is 0.812. The van der Waals surface area contributed by atoms with E-state index in [0.29, 0.717) is 30.8 Å². The molecule has 1 aromatic heterocycles. The third-order valence-corrected chi connectivity index (χ3v) is 4.96. The number of amides is 1. The van der Waals surface area contributed by atoms with E-state index in [2.05, 4.69) is 15.0 Å². The summed E-state index contributed by atoms with van der Waals surface area (Å²) in [6.07, 6.45) is 5.18. The first-order chi connectivity index (χ1) is 11.2. The van der Waals surface area contributed by atoms with Crippen molar-refractivity contribution in [2.24, 2.45) is 5.92 Å². The molecule has 0 aromatic carbocycles. The van der Waals surface area contributed by atoms with E-state index in [1.165, 1.54) is 25.7 Å². The molecule has 1 amide bonds. The molecule has 128 valence electrons. The number of nitrogens with zero attached hydrogens (tertiary/aromatic N) is 4. The van der Waals surface area contributed by atoms with Crippen LogP contribution in [0.5, 0.6) is 0 Å². The molecule has 7 heteroatoms. The van der Waals surface area contributed by atoms with E-state index in [0.717, 1.165) is 19.6 Å². The Balaban J connectivity index is 1.54. The molecule has 2 fully saturated rings. The summed E-state index contributed by atoms with van der Waals surface area (Å²) in [4.78, 5) is 20.9. The monoisotopic (exact) mass is 322 g/mol. The second-order valence-corrected chi connectivity index (χ2v) is 6.62. The van der Waals surface area contributed by atoms with Gasteiger partial charge >= 0.3 is 0 Å². The second-order valence-electron chi connectivity index (χ2n) is 6.62. The highest BCUT2D eigenvalue weighted by Crippen LogP contribution is 2.27. The Bertz CT molecular complexity index is 527. The molecule has 1 aromatic rings. The van der Waals surface area contributed by atoms with Crippen LogP contribution >= 0.6 is 0 Å². The predicted octanol–water partition coefficient (Wildman–Crippen LogP) is 1.61. The van der Waals surface area contributed by atoms with Crippen molar-refractivity contribution in [3.8, 4) is 0 Å². The summed E-state index contributed by atoms with van der Waals surface area (Å²) in [7, 11) is 1.60. The van der Waals surface area contributed by atoms with Gasteiger partial charge in [0.15, 0.2) is 5.82 Å². The molecule has 3 rings (SSSR count). The Labute approximate surface area is 137 Å². The maximum absolute atomic E-state index is 12.4. The summed E-state index contributed by atoms with van der Waals surface area (Å²) < 4.78 is 10.3. The molecule has 7 nitrogen and oxygen atoms in total. The topological polar surface area (TPSA) is 71.7 Å². The number of ether oxygens (including phenoxy) is 1. The van der Waals surface area contributed by atoms with E-state index in [1.54, 1.807) is 7.11 Å². The zero-order valence-corrected chi connectivity index (χ0v) is 14.0. The second kappa shape index (κ2) is 7.40. The fourth-order valence-electron chi connectivity index (χ4n) is 3.54. The van der Waals surface area contributed by atoms with Crippen molar-refractivity contribution in [3.05, 3.63) is 11.7 Å². The quantitative estimate of drug-likeness (QED) is 0.792. The zero-order valence-electron chi connectivity index (χ0n) is 14.0. The lowest BCUT2D eigenvalue weighted by molar-refractivity contribution is -0.137. The average Bonchev–Trinajstić information content (AvgIpc) is 3.21. The summed E-state index contributed by atoms with van der Waals surface area (Å²) in [5.74, 6) is 2.01. The summed E-state index contributed by atoms with van der Waals surface area (Å²) >= 11 is 0. The Kier molecular flexibility index (Phi) is 5.27. The highest BCUT2D eigenvalue weighted by atomic mass is 16.5. The summed E-state index contributed by atoms with van der Waals surface area (Å²) in [6, 6.07) is -0.0503. The normalized spacial score (nSPS) is 22.0. The number of methoxy groups -OCH3 is 1. The smallest absolute Gasteiger partial charge is 0.243 e. The van der Waals surface area contributed by atoms with Gasteiger partial charge in [0, 0.05) is 26.7 Å². The van der Waals surface area contributed by atoms with Crippen LogP contribution in [0.4, 0.5) is 0 Å². The van der Waals surface area contributed by atoms with Crippen LogP contribution in [0.3, 0.4) is 0 Å². The molecule has 0 unspecified atom stereocenters. The minimum Gasteiger partial charge on any atom is -0.377 e. The summed E-state index contributed by atoms with van der Waals surface area (Å²) in [5.41, 5.74) is 0. The zero-order chi connectivity index (χ0) is 16.2. The molecule has 0 N–H and O–H groups in total. The lowest BCUT2D eigenvalue weighted by atomic mass is 10.1. The van der Waals surface area contributed by atoms with Crippen LogP contribution in [0.25, 0.3) is 0 Å². The maximum Gasteiger partial charge on any atom is 0.243 e. The highest BCUT2D eigenvalue weighted by molar-refractivity contribution is 5.79. The number of hydrogen-bond acceptors (Lipinski definition) is 6. The number of carbonyl (C=O) groups excluding carboxylic acids is 1. The molecular formula is C16H26N4O3. The van der Waals surface area contributed by atoms with Gasteiger partial charge in [-0.05, 0) is 25.7 Å². The molecule has 2 heterocycles. The van der Waals surface area contributed by atoms with Crippen LogP contribution in [-0.2, 0) is 16.1 Å². The van der Waals surface area contributed by atoms with Gasteiger partial charge in [-0.15, -0.1) is 0 Å². The van der Waals surface area contributed by atoms with Crippen molar-refractivity contribution in [1.29, 1.82) is 0 Å². The number of piperazine rings is 1. The van der Waals surface area contributed by atoms with Crippen molar-refractivity contribution in [1.82, 2.24) is 19.9 Å². The predicted molar refractivity (Wildman–Crippen MR) is 83.5 cm³/mol. The van der Waals surface area contributed by atoms with E-state index in [-0.39, 0.29) is 11.9 Å². The standard InChI is InChI=1S/C16H26N4O3/c1-12(16-17-14(11-22-2)18-23-16)19-7-8-20(15(21)10-19)9-13-5-3-4-6-13/h12-13H,3-11H2,1-2H3/t12-/m1/s1. The highest BCUT2D eigenvalue weighted by Gasteiger charge is 2.31. The number of aromatic nitrogens is 2. The van der Waals surface area contributed by atoms with Gasteiger partial charge in [0.2, 0.25) is 11.8 Å². The molecule has 0 radical (unpaired) electrons. The molecule has 1 saturated carbocycles. The maximum atomic E-state index is 12.4. The third kappa shape index (κ3) is 3.90. The molecule has 1 saturated heterocycles. The van der Waals surface area contributed by atoms with Crippen LogP contribution in [-0.4, -0.2) is 59.1 Å². The van der Waals surface area contributed by atoms with E-state index in [4.69, 9.17) is 9.26 Å². The van der Waals surface area contributed by atoms with Crippen molar-refractivity contribution in [3.63, 3.8) is 0 Å². The van der Waals surface area contributed by atoms with Crippen molar-refractivity contribution in [2.45, 2.75) is 45.3 Å². The van der Waals surface area contributed by atoms with Crippen LogP contribution in [0.15, 0.2) is 4.52 Å². The molecule has 1 atom stereocenters. The minimum absolute atomic E-state index is 0.0503. The average molecular weight is 322 g/mol. The van der Waals surface area contributed by atoms with Crippen molar-refractivity contribution in [2.75, 3.05) is 33.3 Å². The van der Waals surface area contributed by atoms with Crippen LogP contribution < -0.4 is 0 Å². The largest absolute Gasteiger partial charge is 0.377 e. The van der Waals surface area contributed by atoms with Gasteiger partial charge in [-0.2, -0.15) is 4.98 Å². The van der Waals surface area contributed by atoms with Gasteiger partial charge < -0.3 is 14.2 Å². The van der Waals surface area contributed by atoms with Crippen LogP contribution in [0, 0.1) is 5.92 Å². The molecule has 0 bridgehead atoms. The Morgan fingerprint density at radius 1 is 1.35 bits per heavy atom. The molecule has 2 aliphatic rings. The first-order valence-electron chi connectivity index (χ1n) is 8.50. The molecule has 1 aliphatic carbocycles. The van der Waals surface area contributed by atoms with Gasteiger partial charge in [-0.25, -0.2) is 0 Å². The number of hydrogen-bond donors (Lipinski definition) is 0. The Morgan fingerprint density at radius 3 is 2.83 bits per heavy atom. The Morgan fingerprint density at radius 2 is 2.13 bits per heavy atom. The molecule has 1 aliphatic heterocycles. The van der Waals surface area contributed by atoms with Gasteiger partial charge in [0.25, 0.3) is 0 Å². The van der Waals surface area contributed by atoms with Crippen LogP contribution in [0.1, 0.15) is 50.4 Å². The third-order valence-electron chi connectivity index (χ3n) is 4.96. The SMILES string of the molecule is COCc1noc([C@@H](C)N2CCN(CC3CCCC3)C(=O)C2)n1. The van der Waals surface area contributed by atoms with Crippen molar-refractivity contribution < 1.29 is 14.1 Å². The lowest BCUT2D eigenvalue weighted by Gasteiger charge is -2.37. The van der Waals surface area contributed by atoms with Gasteiger partial charge in [-0.1, -0.05) is 18.0 Å². The van der Waals surface area contributed by atoms with Gasteiger partial charge in [0.1, 0.15) is 6.61 Å². The Hall–Kier alpha value is -1.47. The van der Waals surface area contributed by atoms with E-state index < -0.39 is 0 Å². The number of rotatable bonds is 6. The molecule has 23 heavy (non-hydrogen) atoms. The molecule has 0 spiro atoms. The van der Waals surface area contributed by atoms with E-state index in [9.17, 15) is 4.79 Å². The summed E-state index contributed by atoms with van der Waals surface area (Å²) in [5, 5.41) is 3.89. The number of carbonyl (C=O) groups is 1. The van der Waals surface area contributed by atoms with Crippen molar-refractivity contribution >= 4 is 5.91 Å². The van der Waals surface area contributed by atoms with Gasteiger partial charge in [0.05, 0.1) is 12.6 Å². The van der Waals surface area contributed by atoms with E-state index in [1.807, 2.05) is 11.8 Å². The summed E-state index contributed by atoms with van der Waals surface area (Å²) in [6.45, 7) is 5.34. The van der Waals surface area contributed by atoms with Gasteiger partial charge in [-0.3, -0.25) is 9.69 Å². The first-order valence-corrected chi connectivity index (χ1v) is 8.50. The first kappa shape index (κ1) is 16.4.